The van der Waals surface area contributed by atoms with Crippen molar-refractivity contribution in [2.45, 2.75) is 40.7 Å². The van der Waals surface area contributed by atoms with Crippen LogP contribution >= 0.6 is 0 Å². The second-order valence-corrected chi connectivity index (χ2v) is 6.77. The van der Waals surface area contributed by atoms with Crippen molar-refractivity contribution in [3.8, 4) is 0 Å². The molecule has 2 aromatic rings. The van der Waals surface area contributed by atoms with E-state index in [4.69, 9.17) is 0 Å². The fourth-order valence-corrected chi connectivity index (χ4v) is 2.42. The Morgan fingerprint density at radius 3 is 2.65 bits per heavy atom. The lowest BCUT2D eigenvalue weighted by Gasteiger charge is -2.15. The Morgan fingerprint density at radius 2 is 2.00 bits per heavy atom. The highest BCUT2D eigenvalue weighted by Crippen LogP contribution is 2.17. The fraction of sp³-hybridized carbons (Fsp3) is 0.421. The predicted molar refractivity (Wildman–Crippen MR) is 100 cm³/mol. The van der Waals surface area contributed by atoms with Crippen molar-refractivity contribution in [3.63, 3.8) is 0 Å². The molecule has 0 unspecified atom stereocenters. The normalized spacial score (nSPS) is 10.8. The predicted octanol–water partition coefficient (Wildman–Crippen LogP) is 2.91. The summed E-state index contributed by atoms with van der Waals surface area (Å²) in [6.07, 6.45) is 0.868. The zero-order chi connectivity index (χ0) is 19.3. The van der Waals surface area contributed by atoms with E-state index >= 15 is 0 Å². The molecule has 0 spiro atoms. The number of anilines is 2. The third-order valence-corrected chi connectivity index (χ3v) is 3.90. The van der Waals surface area contributed by atoms with Crippen molar-refractivity contribution in [2.24, 2.45) is 5.92 Å². The largest absolute Gasteiger partial charge is 0.355 e. The number of halogens is 1. The summed E-state index contributed by atoms with van der Waals surface area (Å²) >= 11 is 0. The van der Waals surface area contributed by atoms with Crippen molar-refractivity contribution in [1.29, 1.82) is 0 Å². The maximum Gasteiger partial charge on any atom is 0.255 e. The molecule has 2 rings (SSSR count). The molecule has 0 aliphatic rings. The first-order valence-electron chi connectivity index (χ1n) is 8.64. The van der Waals surface area contributed by atoms with Crippen LogP contribution in [0.15, 0.2) is 29.1 Å². The molecular weight excluding hydrogens is 335 g/mol. The van der Waals surface area contributed by atoms with Gasteiger partial charge in [-0.25, -0.2) is 9.37 Å². The van der Waals surface area contributed by atoms with Gasteiger partial charge in [0.25, 0.3) is 5.56 Å². The first-order chi connectivity index (χ1) is 12.3. The smallest absolute Gasteiger partial charge is 0.255 e. The van der Waals surface area contributed by atoms with Gasteiger partial charge in [-0.15, -0.1) is 0 Å². The van der Waals surface area contributed by atoms with Crippen LogP contribution in [0.3, 0.4) is 0 Å². The van der Waals surface area contributed by atoms with Crippen LogP contribution in [0.5, 0.6) is 0 Å². The van der Waals surface area contributed by atoms with Crippen LogP contribution in [0, 0.1) is 25.6 Å². The van der Waals surface area contributed by atoms with Gasteiger partial charge in [0.2, 0.25) is 11.9 Å². The molecule has 0 aliphatic carbocycles. The zero-order valence-corrected chi connectivity index (χ0v) is 15.6. The second-order valence-electron chi connectivity index (χ2n) is 6.77. The van der Waals surface area contributed by atoms with E-state index in [1.807, 2.05) is 0 Å². The van der Waals surface area contributed by atoms with Crippen molar-refractivity contribution in [1.82, 2.24) is 14.9 Å². The average Bonchev–Trinajstić information content (AvgIpc) is 2.54. The van der Waals surface area contributed by atoms with Gasteiger partial charge in [0.1, 0.15) is 12.4 Å². The van der Waals surface area contributed by atoms with E-state index in [0.717, 1.165) is 6.42 Å². The molecule has 7 heteroatoms. The number of nitrogens with one attached hydrogen (secondary N) is 2. The molecule has 0 saturated heterocycles. The van der Waals surface area contributed by atoms with Crippen LogP contribution in [0.25, 0.3) is 0 Å². The summed E-state index contributed by atoms with van der Waals surface area (Å²) < 4.78 is 14.7. The highest BCUT2D eigenvalue weighted by Gasteiger charge is 2.12. The molecule has 0 bridgehead atoms. The number of rotatable bonds is 7. The highest BCUT2D eigenvalue weighted by atomic mass is 19.1. The Morgan fingerprint density at radius 1 is 1.27 bits per heavy atom. The van der Waals surface area contributed by atoms with Crippen molar-refractivity contribution in [3.05, 3.63) is 51.7 Å². The zero-order valence-electron chi connectivity index (χ0n) is 15.6. The molecule has 1 aromatic carbocycles. The number of amides is 1. The van der Waals surface area contributed by atoms with Gasteiger partial charge < -0.3 is 10.6 Å². The van der Waals surface area contributed by atoms with Gasteiger partial charge >= 0.3 is 0 Å². The van der Waals surface area contributed by atoms with Gasteiger partial charge in [0.15, 0.2) is 0 Å². The Balaban J connectivity index is 2.21. The first-order valence-corrected chi connectivity index (χ1v) is 8.64. The summed E-state index contributed by atoms with van der Waals surface area (Å²) in [5.41, 5.74) is 1.28. The van der Waals surface area contributed by atoms with E-state index in [-0.39, 0.29) is 29.8 Å². The molecule has 6 nitrogen and oxygen atoms in total. The van der Waals surface area contributed by atoms with Crippen molar-refractivity contribution in [2.75, 3.05) is 11.9 Å². The van der Waals surface area contributed by atoms with E-state index in [9.17, 15) is 14.0 Å². The number of benzene rings is 1. The number of aromatic nitrogens is 2. The minimum Gasteiger partial charge on any atom is -0.355 e. The molecule has 26 heavy (non-hydrogen) atoms. The Kier molecular flexibility index (Phi) is 6.49. The topological polar surface area (TPSA) is 76.0 Å². The van der Waals surface area contributed by atoms with Crippen LogP contribution in [0.2, 0.25) is 0 Å². The Labute approximate surface area is 152 Å². The Hall–Kier alpha value is -2.70. The highest BCUT2D eigenvalue weighted by molar-refractivity contribution is 5.76. The number of hydrogen-bond donors (Lipinski definition) is 2. The lowest BCUT2D eigenvalue weighted by atomic mass is 10.1. The standard InChI is InChI=1S/C19H25FN4O2/c1-12(2)7-8-21-17(25)11-24-18(26)10-14(4)22-19(24)23-15-5-6-16(20)13(3)9-15/h5-6,9-10,12H,7-8,11H2,1-4H3,(H,21,25)(H,22,23). The number of aryl methyl sites for hydroxylation is 2. The van der Waals surface area contributed by atoms with E-state index in [1.54, 1.807) is 26.0 Å². The third-order valence-electron chi connectivity index (χ3n) is 3.90. The third kappa shape index (κ3) is 5.40. The molecule has 0 fully saturated rings. The minimum atomic E-state index is -0.321. The number of hydrogen-bond acceptors (Lipinski definition) is 4. The Bertz CT molecular complexity index is 846. The van der Waals surface area contributed by atoms with Crippen LogP contribution < -0.4 is 16.2 Å². The summed E-state index contributed by atoms with van der Waals surface area (Å²) in [4.78, 5) is 28.8. The van der Waals surface area contributed by atoms with Gasteiger partial charge in [-0.05, 0) is 49.9 Å². The summed E-state index contributed by atoms with van der Waals surface area (Å²) in [6, 6.07) is 5.90. The van der Waals surface area contributed by atoms with Crippen molar-refractivity contribution < 1.29 is 9.18 Å². The van der Waals surface area contributed by atoms with E-state index < -0.39 is 0 Å². The molecule has 0 aliphatic heterocycles. The summed E-state index contributed by atoms with van der Waals surface area (Å²) in [7, 11) is 0. The molecule has 0 atom stereocenters. The molecular formula is C19H25FN4O2. The number of nitrogens with zero attached hydrogens (tertiary/aromatic N) is 2. The molecule has 0 radical (unpaired) electrons. The number of carbonyl (C=O) groups is 1. The second kappa shape index (κ2) is 8.60. The summed E-state index contributed by atoms with van der Waals surface area (Å²) in [6.45, 7) is 7.94. The lowest BCUT2D eigenvalue weighted by Crippen LogP contribution is -2.34. The van der Waals surface area contributed by atoms with E-state index in [1.165, 1.54) is 16.7 Å². The average molecular weight is 360 g/mol. The van der Waals surface area contributed by atoms with Gasteiger partial charge in [0, 0.05) is 24.0 Å². The monoisotopic (exact) mass is 360 g/mol. The maximum atomic E-state index is 13.4. The summed E-state index contributed by atoms with van der Waals surface area (Å²) in [5, 5.41) is 5.82. The van der Waals surface area contributed by atoms with E-state index in [0.29, 0.717) is 29.4 Å². The molecule has 140 valence electrons. The summed E-state index contributed by atoms with van der Waals surface area (Å²) in [5.74, 6) is 0.171. The van der Waals surface area contributed by atoms with Crippen molar-refractivity contribution >= 4 is 17.5 Å². The van der Waals surface area contributed by atoms with Crippen LogP contribution in [-0.2, 0) is 11.3 Å². The van der Waals surface area contributed by atoms with Gasteiger partial charge in [0.05, 0.1) is 0 Å². The molecule has 2 N–H and O–H groups in total. The SMILES string of the molecule is Cc1cc(=O)n(CC(=O)NCCC(C)C)c(Nc2ccc(F)c(C)c2)n1. The maximum absolute atomic E-state index is 13.4. The molecule has 0 saturated carbocycles. The van der Waals surface area contributed by atoms with Crippen LogP contribution in [0.1, 0.15) is 31.5 Å². The van der Waals surface area contributed by atoms with Crippen LogP contribution in [-0.4, -0.2) is 22.0 Å². The molecule has 1 heterocycles. The van der Waals surface area contributed by atoms with Gasteiger partial charge in [-0.1, -0.05) is 13.8 Å². The van der Waals surface area contributed by atoms with Gasteiger partial charge in [-0.3, -0.25) is 14.2 Å². The fourth-order valence-electron chi connectivity index (χ4n) is 2.42. The first kappa shape index (κ1) is 19.6. The quantitative estimate of drug-likeness (QED) is 0.796. The van der Waals surface area contributed by atoms with E-state index in [2.05, 4.69) is 29.5 Å². The van der Waals surface area contributed by atoms with Gasteiger partial charge in [-0.2, -0.15) is 0 Å². The minimum absolute atomic E-state index is 0.132. The molecule has 1 amide bonds. The molecule has 1 aromatic heterocycles. The van der Waals surface area contributed by atoms with Crippen LogP contribution in [0.4, 0.5) is 16.0 Å². The lowest BCUT2D eigenvalue weighted by molar-refractivity contribution is -0.121. The number of carbonyl (C=O) groups excluding carboxylic acids is 1.